The minimum atomic E-state index is -0.600. The Bertz CT molecular complexity index is 614. The summed E-state index contributed by atoms with van der Waals surface area (Å²) in [5, 5.41) is 3.89. The minimum Gasteiger partial charge on any atom is -0.456 e. The van der Waals surface area contributed by atoms with Crippen molar-refractivity contribution in [3.63, 3.8) is 0 Å². The van der Waals surface area contributed by atoms with E-state index in [1.807, 2.05) is 0 Å². The lowest BCUT2D eigenvalue weighted by atomic mass is 10.2. The first kappa shape index (κ1) is 12.3. The maximum absolute atomic E-state index is 13.2. The topological polar surface area (TPSA) is 69.6 Å². The van der Waals surface area contributed by atoms with Crippen LogP contribution in [0.1, 0.15) is 31.1 Å². The molecule has 2 rings (SSSR count). The zero-order valence-electron chi connectivity index (χ0n) is 10.4. The van der Waals surface area contributed by atoms with Gasteiger partial charge in [0.1, 0.15) is 11.2 Å². The molecule has 0 aliphatic heterocycles. The fraction of sp³-hybridized carbons (Fsp3) is 0.333. The Morgan fingerprint density at radius 1 is 1.50 bits per heavy atom. The number of rotatable bonds is 1. The average Bonchev–Trinajstić information content (AvgIpc) is 2.59. The number of aromatic nitrogens is 2. The summed E-state index contributed by atoms with van der Waals surface area (Å²) in [5.74, 6) is -1.09. The second kappa shape index (κ2) is 3.97. The van der Waals surface area contributed by atoms with Crippen LogP contribution in [0.3, 0.4) is 0 Å². The number of fused-ring (bicyclic) bond motifs is 1. The van der Waals surface area contributed by atoms with Crippen molar-refractivity contribution in [3.8, 4) is 0 Å². The van der Waals surface area contributed by atoms with E-state index in [1.165, 1.54) is 16.8 Å². The van der Waals surface area contributed by atoms with Crippen LogP contribution in [0.5, 0.6) is 0 Å². The van der Waals surface area contributed by atoms with Gasteiger partial charge in [-0.2, -0.15) is 5.10 Å². The lowest BCUT2D eigenvalue weighted by Crippen LogP contribution is -2.23. The molecule has 0 fully saturated rings. The van der Waals surface area contributed by atoms with Gasteiger partial charge in [0.25, 0.3) is 0 Å². The number of nitrogens with two attached hydrogens (primary N) is 1. The molecule has 0 bridgehead atoms. The van der Waals surface area contributed by atoms with Gasteiger partial charge in [-0.05, 0) is 26.8 Å². The summed E-state index contributed by atoms with van der Waals surface area (Å²) in [6.07, 6.45) is 2.46. The van der Waals surface area contributed by atoms with E-state index in [1.54, 1.807) is 20.8 Å². The van der Waals surface area contributed by atoms with Crippen LogP contribution in [0.2, 0.25) is 0 Å². The van der Waals surface area contributed by atoms with Crippen LogP contribution in [0.4, 0.5) is 10.1 Å². The van der Waals surface area contributed by atoms with Gasteiger partial charge in [0.15, 0.2) is 5.82 Å². The normalized spacial score (nSPS) is 11.8. The smallest absolute Gasteiger partial charge is 0.342 e. The third-order valence-corrected chi connectivity index (χ3v) is 2.26. The maximum Gasteiger partial charge on any atom is 0.342 e. The molecule has 2 aromatic heterocycles. The highest BCUT2D eigenvalue weighted by Crippen LogP contribution is 2.19. The first-order valence-electron chi connectivity index (χ1n) is 5.43. The number of pyridine rings is 1. The summed E-state index contributed by atoms with van der Waals surface area (Å²) in [4.78, 5) is 11.9. The molecular weight excluding hydrogens is 237 g/mol. The molecule has 96 valence electrons. The van der Waals surface area contributed by atoms with Crippen LogP contribution in [-0.2, 0) is 4.74 Å². The van der Waals surface area contributed by atoms with Crippen LogP contribution < -0.4 is 5.73 Å². The standard InChI is InChI=1S/C12H14FN3O2/c1-12(2,3)18-11(17)7-5-15-16-6-8(13)9(14)4-10(7)16/h4-6H,14H2,1-3H3. The molecule has 0 unspecified atom stereocenters. The molecule has 0 saturated heterocycles. The van der Waals surface area contributed by atoms with Crippen molar-refractivity contribution in [1.29, 1.82) is 0 Å². The summed E-state index contributed by atoms with van der Waals surface area (Å²) in [6, 6.07) is 1.36. The van der Waals surface area contributed by atoms with Gasteiger partial charge in [0, 0.05) is 0 Å². The monoisotopic (exact) mass is 251 g/mol. The van der Waals surface area contributed by atoms with Gasteiger partial charge in [-0.25, -0.2) is 13.7 Å². The van der Waals surface area contributed by atoms with Gasteiger partial charge in [-0.3, -0.25) is 0 Å². The van der Waals surface area contributed by atoms with Crippen molar-refractivity contribution in [2.45, 2.75) is 26.4 Å². The maximum atomic E-state index is 13.2. The molecule has 18 heavy (non-hydrogen) atoms. The summed E-state index contributed by atoms with van der Waals surface area (Å²) in [7, 11) is 0. The van der Waals surface area contributed by atoms with Crippen LogP contribution in [0, 0.1) is 5.82 Å². The molecule has 6 heteroatoms. The molecule has 0 amide bonds. The Morgan fingerprint density at radius 2 is 2.17 bits per heavy atom. The van der Waals surface area contributed by atoms with Crippen LogP contribution in [0.25, 0.3) is 5.52 Å². The summed E-state index contributed by atoms with van der Waals surface area (Å²) < 4.78 is 19.7. The van der Waals surface area contributed by atoms with Crippen molar-refractivity contribution in [3.05, 3.63) is 29.8 Å². The minimum absolute atomic E-state index is 0.0344. The van der Waals surface area contributed by atoms with Gasteiger partial charge >= 0.3 is 5.97 Å². The van der Waals surface area contributed by atoms with E-state index in [2.05, 4.69) is 5.10 Å². The van der Waals surface area contributed by atoms with Crippen LogP contribution in [0.15, 0.2) is 18.5 Å². The van der Waals surface area contributed by atoms with E-state index < -0.39 is 17.4 Å². The number of hydrogen-bond acceptors (Lipinski definition) is 4. The number of nitrogens with zero attached hydrogens (tertiary/aromatic N) is 2. The molecule has 2 aromatic rings. The zero-order valence-corrected chi connectivity index (χ0v) is 10.4. The second-order valence-corrected chi connectivity index (χ2v) is 4.97. The zero-order chi connectivity index (χ0) is 13.5. The Hall–Kier alpha value is -2.11. The van der Waals surface area contributed by atoms with Gasteiger partial charge in [-0.1, -0.05) is 0 Å². The van der Waals surface area contributed by atoms with E-state index in [4.69, 9.17) is 10.5 Å². The molecule has 0 saturated carbocycles. The van der Waals surface area contributed by atoms with E-state index in [0.29, 0.717) is 5.52 Å². The highest BCUT2D eigenvalue weighted by Gasteiger charge is 2.21. The van der Waals surface area contributed by atoms with Gasteiger partial charge in [0.05, 0.1) is 23.6 Å². The van der Waals surface area contributed by atoms with E-state index in [0.717, 1.165) is 6.20 Å². The average molecular weight is 251 g/mol. The first-order chi connectivity index (χ1) is 8.28. The number of carbonyl (C=O) groups is 1. The molecule has 0 spiro atoms. The van der Waals surface area contributed by atoms with Crippen LogP contribution >= 0.6 is 0 Å². The Morgan fingerprint density at radius 3 is 2.78 bits per heavy atom. The number of hydrogen-bond donors (Lipinski definition) is 1. The van der Waals surface area contributed by atoms with E-state index in [9.17, 15) is 9.18 Å². The molecule has 2 N–H and O–H groups in total. The van der Waals surface area contributed by atoms with Gasteiger partial charge < -0.3 is 10.5 Å². The van der Waals surface area contributed by atoms with Crippen molar-refractivity contribution in [2.24, 2.45) is 0 Å². The number of halogens is 1. The molecule has 0 atom stereocenters. The Balaban J connectivity index is 2.46. The van der Waals surface area contributed by atoms with E-state index >= 15 is 0 Å². The lowest BCUT2D eigenvalue weighted by Gasteiger charge is -2.18. The predicted octanol–water partition coefficient (Wildman–Crippen LogP) is 2.01. The Labute approximate surface area is 103 Å². The quantitative estimate of drug-likeness (QED) is 0.787. The fourth-order valence-electron chi connectivity index (χ4n) is 1.51. The Kier molecular flexibility index (Phi) is 2.73. The third kappa shape index (κ3) is 2.27. The van der Waals surface area contributed by atoms with Crippen molar-refractivity contribution in [2.75, 3.05) is 5.73 Å². The molecule has 0 radical (unpaired) electrons. The molecule has 0 aliphatic carbocycles. The number of esters is 1. The summed E-state index contributed by atoms with van der Waals surface area (Å²) >= 11 is 0. The number of ether oxygens (including phenoxy) is 1. The third-order valence-electron chi connectivity index (χ3n) is 2.26. The lowest BCUT2D eigenvalue weighted by molar-refractivity contribution is 0.00718. The number of anilines is 1. The van der Waals surface area contributed by atoms with Crippen LogP contribution in [-0.4, -0.2) is 21.2 Å². The summed E-state index contributed by atoms with van der Waals surface area (Å²) in [6.45, 7) is 5.31. The summed E-state index contributed by atoms with van der Waals surface area (Å²) in [5.41, 5.74) is 5.52. The highest BCUT2D eigenvalue weighted by atomic mass is 19.1. The number of nitrogen functional groups attached to an aromatic ring is 1. The largest absolute Gasteiger partial charge is 0.456 e. The molecule has 2 heterocycles. The SMILES string of the molecule is CC(C)(C)OC(=O)c1cnn2cc(F)c(N)cc12. The van der Waals surface area contributed by atoms with Crippen molar-refractivity contribution < 1.29 is 13.9 Å². The highest BCUT2D eigenvalue weighted by molar-refractivity contribution is 5.97. The molecular formula is C12H14FN3O2. The number of carbonyl (C=O) groups excluding carboxylic acids is 1. The van der Waals surface area contributed by atoms with Gasteiger partial charge in [0.2, 0.25) is 0 Å². The first-order valence-corrected chi connectivity index (χ1v) is 5.43. The molecule has 0 aliphatic rings. The van der Waals surface area contributed by atoms with Gasteiger partial charge in [-0.15, -0.1) is 0 Å². The van der Waals surface area contributed by atoms with Crippen molar-refractivity contribution >= 4 is 17.2 Å². The predicted molar refractivity (Wildman–Crippen MR) is 64.7 cm³/mol. The molecule has 0 aromatic carbocycles. The second-order valence-electron chi connectivity index (χ2n) is 4.97. The molecule has 5 nitrogen and oxygen atoms in total. The van der Waals surface area contributed by atoms with E-state index in [-0.39, 0.29) is 11.3 Å². The van der Waals surface area contributed by atoms with Crippen molar-refractivity contribution in [1.82, 2.24) is 9.61 Å². The fourth-order valence-corrected chi connectivity index (χ4v) is 1.51.